The van der Waals surface area contributed by atoms with Crippen molar-refractivity contribution < 1.29 is 9.59 Å². The van der Waals surface area contributed by atoms with Gasteiger partial charge in [-0.05, 0) is 43.4 Å². The van der Waals surface area contributed by atoms with Crippen molar-refractivity contribution in [3.8, 4) is 0 Å². The predicted octanol–water partition coefficient (Wildman–Crippen LogP) is 3.35. The number of benzene rings is 1. The number of hydrogen-bond donors (Lipinski definition) is 1. The lowest BCUT2D eigenvalue weighted by Crippen LogP contribution is -2.53. The molecule has 1 N–H and O–H groups in total. The second-order valence-corrected chi connectivity index (χ2v) is 7.28. The Morgan fingerprint density at radius 2 is 2.00 bits per heavy atom. The van der Waals surface area contributed by atoms with Gasteiger partial charge in [-0.1, -0.05) is 41.6 Å². The average Bonchev–Trinajstić information content (AvgIpc) is 2.65. The van der Waals surface area contributed by atoms with E-state index < -0.39 is 11.8 Å². The molecule has 5 nitrogen and oxygen atoms in total. The fourth-order valence-electron chi connectivity index (χ4n) is 2.46. The lowest BCUT2D eigenvalue weighted by molar-refractivity contribution is -0.128. The highest BCUT2D eigenvalue weighted by Crippen LogP contribution is 2.30. The molecule has 1 fully saturated rings. The molecule has 7 heteroatoms. The van der Waals surface area contributed by atoms with Gasteiger partial charge in [0.15, 0.2) is 5.11 Å². The smallest absolute Gasteiger partial charge is 0.265 e. The molecule has 1 aliphatic heterocycles. The van der Waals surface area contributed by atoms with E-state index in [1.165, 1.54) is 22.2 Å². The Morgan fingerprint density at radius 3 is 2.70 bits per heavy atom. The monoisotopic (exact) mass is 395 g/mol. The summed E-state index contributed by atoms with van der Waals surface area (Å²) in [6.07, 6.45) is 4.79. The number of pyridine rings is 1. The van der Waals surface area contributed by atoms with Gasteiger partial charge in [-0.25, -0.2) is 4.98 Å². The molecule has 136 valence electrons. The first-order valence-corrected chi connectivity index (χ1v) is 9.41. The number of amides is 2. The minimum absolute atomic E-state index is 0.0178. The van der Waals surface area contributed by atoms with Crippen LogP contribution in [0, 0.1) is 6.92 Å². The minimum Gasteiger partial charge on any atom is -0.298 e. The van der Waals surface area contributed by atoms with Crippen LogP contribution in [0.4, 0.5) is 0 Å². The summed E-state index contributed by atoms with van der Waals surface area (Å²) >= 11 is 6.54. The van der Waals surface area contributed by atoms with Crippen LogP contribution in [0.1, 0.15) is 11.1 Å². The third-order valence-electron chi connectivity index (χ3n) is 3.83. The van der Waals surface area contributed by atoms with Crippen LogP contribution in [0.3, 0.4) is 0 Å². The highest BCUT2D eigenvalue weighted by molar-refractivity contribution is 7.99. The summed E-state index contributed by atoms with van der Waals surface area (Å²) in [5.41, 5.74) is 1.88. The van der Waals surface area contributed by atoms with E-state index >= 15 is 0 Å². The van der Waals surface area contributed by atoms with Crippen LogP contribution in [0.2, 0.25) is 0 Å². The number of nitrogens with zero attached hydrogens (tertiary/aromatic N) is 2. The summed E-state index contributed by atoms with van der Waals surface area (Å²) in [7, 11) is 0. The van der Waals surface area contributed by atoms with Gasteiger partial charge in [0.05, 0.1) is 0 Å². The van der Waals surface area contributed by atoms with E-state index in [1.807, 2.05) is 37.3 Å². The van der Waals surface area contributed by atoms with E-state index in [2.05, 4.69) is 16.9 Å². The molecular weight excluding hydrogens is 378 g/mol. The van der Waals surface area contributed by atoms with Crippen LogP contribution in [0.5, 0.6) is 0 Å². The zero-order valence-electron chi connectivity index (χ0n) is 14.6. The molecule has 1 aromatic carbocycles. The first kappa shape index (κ1) is 19.0. The van der Waals surface area contributed by atoms with Gasteiger partial charge in [-0.15, -0.1) is 6.58 Å². The topological polar surface area (TPSA) is 62.3 Å². The number of aromatic nitrogens is 1. The third-order valence-corrected chi connectivity index (χ3v) is 5.20. The quantitative estimate of drug-likeness (QED) is 0.364. The highest BCUT2D eigenvalue weighted by Gasteiger charge is 2.32. The molecule has 2 amide bonds. The molecule has 0 aliphatic carbocycles. The number of rotatable bonds is 5. The number of hydrogen-bond acceptors (Lipinski definition) is 5. The first-order chi connectivity index (χ1) is 13.0. The molecule has 2 heterocycles. The molecule has 1 aromatic heterocycles. The Balaban J connectivity index is 1.95. The molecule has 3 rings (SSSR count). The van der Waals surface area contributed by atoms with Crippen molar-refractivity contribution in [1.29, 1.82) is 0 Å². The van der Waals surface area contributed by atoms with Gasteiger partial charge in [0.25, 0.3) is 11.8 Å². The zero-order valence-corrected chi connectivity index (χ0v) is 16.3. The maximum absolute atomic E-state index is 12.7. The summed E-state index contributed by atoms with van der Waals surface area (Å²) < 4.78 is 0. The molecule has 0 radical (unpaired) electrons. The van der Waals surface area contributed by atoms with E-state index in [9.17, 15) is 9.59 Å². The van der Waals surface area contributed by atoms with Crippen molar-refractivity contribution in [3.05, 3.63) is 72.0 Å². The second-order valence-electron chi connectivity index (χ2n) is 5.83. The van der Waals surface area contributed by atoms with E-state index in [4.69, 9.17) is 12.2 Å². The summed E-state index contributed by atoms with van der Waals surface area (Å²) in [5, 5.41) is 3.34. The van der Waals surface area contributed by atoms with E-state index in [0.29, 0.717) is 10.6 Å². The zero-order chi connectivity index (χ0) is 19.4. The molecule has 0 atom stereocenters. The molecule has 1 saturated heterocycles. The van der Waals surface area contributed by atoms with E-state index in [0.717, 1.165) is 4.90 Å². The lowest BCUT2D eigenvalue weighted by atomic mass is 10.1. The fourth-order valence-corrected chi connectivity index (χ4v) is 3.56. The number of carbonyl (C=O) groups excluding carboxylic acids is 2. The van der Waals surface area contributed by atoms with E-state index in [-0.39, 0.29) is 17.2 Å². The van der Waals surface area contributed by atoms with Crippen LogP contribution in [0.15, 0.2) is 70.7 Å². The van der Waals surface area contributed by atoms with Crippen molar-refractivity contribution in [1.82, 2.24) is 15.2 Å². The third kappa shape index (κ3) is 4.32. The van der Waals surface area contributed by atoms with Gasteiger partial charge in [0, 0.05) is 23.2 Å². The number of aryl methyl sites for hydroxylation is 1. The van der Waals surface area contributed by atoms with Crippen molar-refractivity contribution in [2.75, 3.05) is 6.54 Å². The molecule has 27 heavy (non-hydrogen) atoms. The molecule has 0 saturated carbocycles. The van der Waals surface area contributed by atoms with Crippen molar-refractivity contribution in [2.45, 2.75) is 16.8 Å². The summed E-state index contributed by atoms with van der Waals surface area (Å²) in [6.45, 7) is 5.87. The molecule has 1 aliphatic rings. The molecule has 0 bridgehead atoms. The molecule has 0 unspecified atom stereocenters. The number of carbonyl (C=O) groups is 2. The van der Waals surface area contributed by atoms with Gasteiger partial charge in [0.1, 0.15) is 10.6 Å². The van der Waals surface area contributed by atoms with Crippen LogP contribution in [0.25, 0.3) is 6.08 Å². The number of thiocarbonyl (C=S) groups is 1. The van der Waals surface area contributed by atoms with Gasteiger partial charge < -0.3 is 0 Å². The van der Waals surface area contributed by atoms with Crippen molar-refractivity contribution >= 4 is 47.0 Å². The normalized spacial score (nSPS) is 15.8. The van der Waals surface area contributed by atoms with Gasteiger partial charge >= 0.3 is 0 Å². The molecular formula is C20H17N3O2S2. The van der Waals surface area contributed by atoms with Crippen molar-refractivity contribution in [2.24, 2.45) is 0 Å². The Morgan fingerprint density at radius 1 is 1.26 bits per heavy atom. The van der Waals surface area contributed by atoms with Crippen LogP contribution < -0.4 is 5.32 Å². The summed E-state index contributed by atoms with van der Waals surface area (Å²) in [5.74, 6) is -0.959. The van der Waals surface area contributed by atoms with Crippen LogP contribution >= 0.6 is 24.0 Å². The Bertz CT molecular complexity index is 952. The van der Waals surface area contributed by atoms with E-state index in [1.54, 1.807) is 24.4 Å². The van der Waals surface area contributed by atoms with Gasteiger partial charge in [-0.2, -0.15) is 0 Å². The maximum atomic E-state index is 12.7. The van der Waals surface area contributed by atoms with Gasteiger partial charge in [-0.3, -0.25) is 19.8 Å². The molecule has 2 aromatic rings. The van der Waals surface area contributed by atoms with Gasteiger partial charge in [0.2, 0.25) is 0 Å². The summed E-state index contributed by atoms with van der Waals surface area (Å²) in [4.78, 5) is 31.7. The SMILES string of the molecule is C=CCN1C(=O)C(=Cc2cccnc2Sc2ccc(C)cc2)C(=O)NC1=S. The fraction of sp³-hybridized carbons (Fsp3) is 0.100. The maximum Gasteiger partial charge on any atom is 0.265 e. The van der Waals surface area contributed by atoms with Crippen molar-refractivity contribution in [3.63, 3.8) is 0 Å². The minimum atomic E-state index is -0.513. The van der Waals surface area contributed by atoms with Crippen LogP contribution in [-0.4, -0.2) is 33.4 Å². The lowest BCUT2D eigenvalue weighted by Gasteiger charge is -2.27. The second kappa shape index (κ2) is 8.28. The summed E-state index contributed by atoms with van der Waals surface area (Å²) in [6, 6.07) is 11.7. The standard InChI is InChI=1S/C20H17N3O2S2/c1-3-11-23-19(25)16(17(24)22-20(23)26)12-14-5-4-10-21-18(14)27-15-8-6-13(2)7-9-15/h3-10,12H,1,11H2,2H3,(H,22,24,26). The Kier molecular flexibility index (Phi) is 5.83. The largest absolute Gasteiger partial charge is 0.298 e. The van der Waals surface area contributed by atoms with Crippen LogP contribution in [-0.2, 0) is 9.59 Å². The molecule has 0 spiro atoms. The Hall–Kier alpha value is -2.77. The highest BCUT2D eigenvalue weighted by atomic mass is 32.2. The Labute approximate surface area is 167 Å². The first-order valence-electron chi connectivity index (χ1n) is 8.19. The average molecular weight is 396 g/mol. The predicted molar refractivity (Wildman–Crippen MR) is 110 cm³/mol. The number of nitrogens with one attached hydrogen (secondary N) is 1.